The Morgan fingerprint density at radius 3 is 2.35 bits per heavy atom. The third-order valence-corrected chi connectivity index (χ3v) is 4.56. The van der Waals surface area contributed by atoms with Gasteiger partial charge >= 0.3 is 0 Å². The Labute approximate surface area is 125 Å². The third kappa shape index (κ3) is 4.02. The van der Waals surface area contributed by atoms with Crippen LogP contribution in [0.3, 0.4) is 0 Å². The van der Waals surface area contributed by atoms with Crippen LogP contribution in [-0.4, -0.2) is 30.1 Å². The molecule has 0 bridgehead atoms. The van der Waals surface area contributed by atoms with Gasteiger partial charge in [0.25, 0.3) is 0 Å². The van der Waals surface area contributed by atoms with Gasteiger partial charge in [0.1, 0.15) is 5.75 Å². The fourth-order valence-corrected chi connectivity index (χ4v) is 2.87. The molecule has 0 saturated heterocycles. The van der Waals surface area contributed by atoms with E-state index in [1.165, 1.54) is 10.5 Å². The number of hydrogen-bond donors (Lipinski definition) is 1. The van der Waals surface area contributed by atoms with Crippen molar-refractivity contribution in [2.24, 2.45) is 0 Å². The molecule has 3 heteroatoms. The number of phenols is 1. The zero-order valence-corrected chi connectivity index (χ0v) is 13.0. The van der Waals surface area contributed by atoms with Crippen LogP contribution in [0, 0.1) is 0 Å². The average Bonchev–Trinajstić information content (AvgIpc) is 2.43. The molecule has 2 aromatic rings. The summed E-state index contributed by atoms with van der Waals surface area (Å²) in [6.07, 6.45) is 1.04. The average molecular weight is 287 g/mol. The van der Waals surface area contributed by atoms with Gasteiger partial charge in [-0.25, -0.2) is 0 Å². The number of likely N-dealkylation sites (N-methyl/N-ethyl adjacent to an activating group) is 1. The van der Waals surface area contributed by atoms with Gasteiger partial charge in [0.05, 0.1) is 0 Å². The highest BCUT2D eigenvalue weighted by atomic mass is 32.2. The topological polar surface area (TPSA) is 23.5 Å². The van der Waals surface area contributed by atoms with E-state index in [0.717, 1.165) is 11.3 Å². The molecule has 1 atom stereocenters. The van der Waals surface area contributed by atoms with E-state index < -0.39 is 0 Å². The second-order valence-corrected chi connectivity index (χ2v) is 6.34. The lowest BCUT2D eigenvalue weighted by molar-refractivity contribution is 0.311. The highest BCUT2D eigenvalue weighted by Gasteiger charge is 2.10. The van der Waals surface area contributed by atoms with Gasteiger partial charge in [-0.2, -0.15) is 0 Å². The Kier molecular flexibility index (Phi) is 5.10. The summed E-state index contributed by atoms with van der Waals surface area (Å²) in [5.74, 6) is 0.309. The minimum Gasteiger partial charge on any atom is -0.508 e. The van der Waals surface area contributed by atoms with Crippen LogP contribution >= 0.6 is 11.8 Å². The number of rotatable bonds is 5. The number of benzene rings is 2. The predicted molar refractivity (Wildman–Crippen MR) is 85.5 cm³/mol. The summed E-state index contributed by atoms with van der Waals surface area (Å²) in [7, 11) is 4.22. The molecular formula is C17H21NOS. The van der Waals surface area contributed by atoms with Crippen LogP contribution in [0.1, 0.15) is 12.5 Å². The zero-order chi connectivity index (χ0) is 14.5. The zero-order valence-electron chi connectivity index (χ0n) is 12.2. The molecule has 20 heavy (non-hydrogen) atoms. The first kappa shape index (κ1) is 14.9. The quantitative estimate of drug-likeness (QED) is 0.898. The van der Waals surface area contributed by atoms with Crippen molar-refractivity contribution in [3.8, 4) is 5.75 Å². The molecule has 1 N–H and O–H groups in total. The van der Waals surface area contributed by atoms with Crippen LogP contribution in [0.5, 0.6) is 5.75 Å². The smallest absolute Gasteiger partial charge is 0.115 e. The van der Waals surface area contributed by atoms with Crippen LogP contribution < -0.4 is 0 Å². The second-order valence-electron chi connectivity index (χ2n) is 5.22. The summed E-state index contributed by atoms with van der Waals surface area (Å²) in [6.45, 7) is 2.24. The van der Waals surface area contributed by atoms with Crippen LogP contribution in [0.4, 0.5) is 0 Å². The van der Waals surface area contributed by atoms with Gasteiger partial charge in [-0.3, -0.25) is 0 Å². The lowest BCUT2D eigenvalue weighted by atomic mass is 10.1. The number of aromatic hydroxyl groups is 1. The molecular weight excluding hydrogens is 266 g/mol. The molecule has 0 aliphatic heterocycles. The van der Waals surface area contributed by atoms with Gasteiger partial charge in [0, 0.05) is 15.8 Å². The van der Waals surface area contributed by atoms with Crippen molar-refractivity contribution < 1.29 is 5.11 Å². The summed E-state index contributed by atoms with van der Waals surface area (Å²) in [4.78, 5) is 4.67. The maximum Gasteiger partial charge on any atom is 0.115 e. The van der Waals surface area contributed by atoms with E-state index in [2.05, 4.69) is 50.2 Å². The van der Waals surface area contributed by atoms with Gasteiger partial charge in [-0.05, 0) is 63.3 Å². The molecule has 0 heterocycles. The third-order valence-electron chi connectivity index (χ3n) is 3.43. The van der Waals surface area contributed by atoms with Crippen molar-refractivity contribution in [1.29, 1.82) is 0 Å². The minimum absolute atomic E-state index is 0.309. The normalized spacial score (nSPS) is 12.6. The first-order valence-electron chi connectivity index (χ1n) is 6.77. The van der Waals surface area contributed by atoms with Gasteiger partial charge in [0.15, 0.2) is 0 Å². The molecule has 0 amide bonds. The fourth-order valence-electron chi connectivity index (χ4n) is 1.91. The van der Waals surface area contributed by atoms with E-state index in [0.29, 0.717) is 11.8 Å². The summed E-state index contributed by atoms with van der Waals surface area (Å²) in [5.41, 5.74) is 1.37. The minimum atomic E-state index is 0.309. The Bertz CT molecular complexity index is 551. The van der Waals surface area contributed by atoms with Crippen LogP contribution in [0.25, 0.3) is 0 Å². The Morgan fingerprint density at radius 1 is 1.05 bits per heavy atom. The van der Waals surface area contributed by atoms with E-state index in [1.54, 1.807) is 23.9 Å². The Morgan fingerprint density at radius 2 is 1.70 bits per heavy atom. The van der Waals surface area contributed by atoms with Gasteiger partial charge in [-0.15, -0.1) is 0 Å². The Balaban J connectivity index is 2.17. The van der Waals surface area contributed by atoms with Crippen molar-refractivity contribution >= 4 is 11.8 Å². The number of nitrogens with zero attached hydrogens (tertiary/aromatic N) is 1. The summed E-state index contributed by atoms with van der Waals surface area (Å²) < 4.78 is 0. The fraction of sp³-hybridized carbons (Fsp3) is 0.294. The summed E-state index contributed by atoms with van der Waals surface area (Å²) in [6, 6.07) is 16.4. The van der Waals surface area contributed by atoms with E-state index in [9.17, 15) is 5.11 Å². The second kappa shape index (κ2) is 6.82. The summed E-state index contributed by atoms with van der Waals surface area (Å²) >= 11 is 1.75. The molecule has 0 spiro atoms. The van der Waals surface area contributed by atoms with E-state index in [-0.39, 0.29) is 0 Å². The first-order valence-corrected chi connectivity index (χ1v) is 7.59. The largest absolute Gasteiger partial charge is 0.508 e. The monoisotopic (exact) mass is 287 g/mol. The number of phenolic OH excluding ortho intramolecular Hbond substituents is 1. The van der Waals surface area contributed by atoms with Crippen molar-refractivity contribution in [2.45, 2.75) is 29.2 Å². The molecule has 0 aromatic heterocycles. The van der Waals surface area contributed by atoms with Gasteiger partial charge in [-0.1, -0.05) is 30.0 Å². The molecule has 0 fully saturated rings. The standard InChI is InChI=1S/C17H21NOS/c1-13(18(2)3)12-14-6-4-5-7-17(14)20-16-10-8-15(19)9-11-16/h4-11,13,19H,12H2,1-3H3/t13-/m0/s1. The molecule has 106 valence electrons. The number of hydrogen-bond acceptors (Lipinski definition) is 3. The Hall–Kier alpha value is -1.45. The predicted octanol–water partition coefficient (Wildman–Crippen LogP) is 4.04. The van der Waals surface area contributed by atoms with E-state index >= 15 is 0 Å². The summed E-state index contributed by atoms with van der Waals surface area (Å²) in [5, 5.41) is 9.34. The lowest BCUT2D eigenvalue weighted by Crippen LogP contribution is -2.26. The molecule has 0 aliphatic carbocycles. The van der Waals surface area contributed by atoms with Crippen LogP contribution in [0.15, 0.2) is 58.3 Å². The molecule has 2 aromatic carbocycles. The maximum atomic E-state index is 9.34. The molecule has 0 aliphatic rings. The molecule has 0 radical (unpaired) electrons. The molecule has 0 saturated carbocycles. The molecule has 2 nitrogen and oxygen atoms in total. The lowest BCUT2D eigenvalue weighted by Gasteiger charge is -2.21. The van der Waals surface area contributed by atoms with Crippen LogP contribution in [-0.2, 0) is 6.42 Å². The molecule has 2 rings (SSSR count). The highest BCUT2D eigenvalue weighted by molar-refractivity contribution is 7.99. The maximum absolute atomic E-state index is 9.34. The first-order chi connectivity index (χ1) is 9.56. The van der Waals surface area contributed by atoms with Gasteiger partial charge in [0.2, 0.25) is 0 Å². The van der Waals surface area contributed by atoms with Crippen molar-refractivity contribution in [3.63, 3.8) is 0 Å². The van der Waals surface area contributed by atoms with Crippen molar-refractivity contribution in [3.05, 3.63) is 54.1 Å². The van der Waals surface area contributed by atoms with Crippen molar-refractivity contribution in [1.82, 2.24) is 4.90 Å². The molecule has 0 unspecified atom stereocenters. The van der Waals surface area contributed by atoms with Crippen LogP contribution in [0.2, 0.25) is 0 Å². The SMILES string of the molecule is C[C@@H](Cc1ccccc1Sc1ccc(O)cc1)N(C)C. The van der Waals surface area contributed by atoms with Gasteiger partial charge < -0.3 is 10.0 Å². The highest BCUT2D eigenvalue weighted by Crippen LogP contribution is 2.32. The van der Waals surface area contributed by atoms with Crippen molar-refractivity contribution in [2.75, 3.05) is 14.1 Å². The van der Waals surface area contributed by atoms with E-state index in [1.807, 2.05) is 12.1 Å². The van der Waals surface area contributed by atoms with E-state index in [4.69, 9.17) is 0 Å².